The van der Waals surface area contributed by atoms with Crippen LogP contribution in [0.2, 0.25) is 0 Å². The second-order valence-electron chi connectivity index (χ2n) is 5.51. The predicted molar refractivity (Wildman–Crippen MR) is 80.6 cm³/mol. The summed E-state index contributed by atoms with van der Waals surface area (Å²) in [5.74, 6) is 0.880. The minimum atomic E-state index is 0.880. The molecule has 2 heterocycles. The SMILES string of the molecule is Cc1sc2cc(CC3CCNCC3)ccc2c1C. The van der Waals surface area contributed by atoms with Gasteiger partial charge in [-0.2, -0.15) is 0 Å². The van der Waals surface area contributed by atoms with Crippen molar-refractivity contribution in [1.82, 2.24) is 5.32 Å². The Morgan fingerprint density at radius 2 is 2.00 bits per heavy atom. The zero-order valence-corrected chi connectivity index (χ0v) is 12.1. The molecule has 1 fully saturated rings. The number of aryl methyl sites for hydroxylation is 2. The Morgan fingerprint density at radius 1 is 1.22 bits per heavy atom. The van der Waals surface area contributed by atoms with Gasteiger partial charge in [0.05, 0.1) is 0 Å². The summed E-state index contributed by atoms with van der Waals surface area (Å²) in [6, 6.07) is 7.08. The Balaban J connectivity index is 1.84. The van der Waals surface area contributed by atoms with E-state index in [0.717, 1.165) is 5.92 Å². The van der Waals surface area contributed by atoms with Crippen molar-refractivity contribution in [3.05, 3.63) is 34.2 Å². The molecule has 0 spiro atoms. The monoisotopic (exact) mass is 259 g/mol. The summed E-state index contributed by atoms with van der Waals surface area (Å²) in [4.78, 5) is 1.46. The van der Waals surface area contributed by atoms with Crippen molar-refractivity contribution in [3.8, 4) is 0 Å². The first-order valence-electron chi connectivity index (χ1n) is 6.93. The summed E-state index contributed by atoms with van der Waals surface area (Å²) in [5.41, 5.74) is 2.99. The summed E-state index contributed by atoms with van der Waals surface area (Å²) in [6.07, 6.45) is 3.93. The van der Waals surface area contributed by atoms with Crippen LogP contribution in [0.3, 0.4) is 0 Å². The van der Waals surface area contributed by atoms with Crippen LogP contribution in [0, 0.1) is 19.8 Å². The van der Waals surface area contributed by atoms with E-state index in [-0.39, 0.29) is 0 Å². The van der Waals surface area contributed by atoms with Gasteiger partial charge in [-0.05, 0) is 74.7 Å². The summed E-state index contributed by atoms with van der Waals surface area (Å²) < 4.78 is 1.47. The van der Waals surface area contributed by atoms with Crippen molar-refractivity contribution < 1.29 is 0 Å². The van der Waals surface area contributed by atoms with Crippen LogP contribution in [-0.4, -0.2) is 13.1 Å². The van der Waals surface area contributed by atoms with E-state index in [1.165, 1.54) is 58.4 Å². The molecule has 1 aliphatic rings. The van der Waals surface area contributed by atoms with E-state index >= 15 is 0 Å². The highest BCUT2D eigenvalue weighted by Crippen LogP contribution is 2.31. The summed E-state index contributed by atoms with van der Waals surface area (Å²) in [5, 5.41) is 4.89. The van der Waals surface area contributed by atoms with E-state index in [1.807, 2.05) is 11.3 Å². The lowest BCUT2D eigenvalue weighted by atomic mass is 9.91. The van der Waals surface area contributed by atoms with Crippen molar-refractivity contribution >= 4 is 21.4 Å². The van der Waals surface area contributed by atoms with E-state index < -0.39 is 0 Å². The van der Waals surface area contributed by atoms with Crippen molar-refractivity contribution in [2.45, 2.75) is 33.1 Å². The molecule has 1 nitrogen and oxygen atoms in total. The fourth-order valence-electron chi connectivity index (χ4n) is 2.94. The number of rotatable bonds is 2. The molecular weight excluding hydrogens is 238 g/mol. The molecule has 18 heavy (non-hydrogen) atoms. The van der Waals surface area contributed by atoms with E-state index in [0.29, 0.717) is 0 Å². The van der Waals surface area contributed by atoms with Crippen LogP contribution in [0.25, 0.3) is 10.1 Å². The minimum Gasteiger partial charge on any atom is -0.317 e. The first-order valence-corrected chi connectivity index (χ1v) is 7.75. The Labute approximate surface area is 113 Å². The lowest BCUT2D eigenvalue weighted by molar-refractivity contribution is 0.373. The summed E-state index contributed by atoms with van der Waals surface area (Å²) in [7, 11) is 0. The van der Waals surface area contributed by atoms with Crippen LogP contribution in [0.5, 0.6) is 0 Å². The van der Waals surface area contributed by atoms with E-state index in [2.05, 4.69) is 37.4 Å². The van der Waals surface area contributed by atoms with Gasteiger partial charge in [0.1, 0.15) is 0 Å². The molecule has 0 amide bonds. The maximum Gasteiger partial charge on any atom is 0.0351 e. The number of nitrogens with one attached hydrogen (secondary N) is 1. The normalized spacial score (nSPS) is 17.4. The Kier molecular flexibility index (Phi) is 3.40. The molecule has 2 aromatic rings. The third-order valence-electron chi connectivity index (χ3n) is 4.22. The molecule has 0 unspecified atom stereocenters. The molecule has 0 radical (unpaired) electrons. The number of hydrogen-bond acceptors (Lipinski definition) is 2. The van der Waals surface area contributed by atoms with Crippen LogP contribution in [-0.2, 0) is 6.42 Å². The van der Waals surface area contributed by atoms with Crippen molar-refractivity contribution in [3.63, 3.8) is 0 Å². The van der Waals surface area contributed by atoms with Gasteiger partial charge in [-0.25, -0.2) is 0 Å². The van der Waals surface area contributed by atoms with Crippen molar-refractivity contribution in [2.24, 2.45) is 5.92 Å². The van der Waals surface area contributed by atoms with Crippen LogP contribution < -0.4 is 5.32 Å². The fourth-order valence-corrected chi connectivity index (χ4v) is 4.07. The number of benzene rings is 1. The zero-order chi connectivity index (χ0) is 12.5. The number of piperidine rings is 1. The molecule has 3 rings (SSSR count). The lowest BCUT2D eigenvalue weighted by Crippen LogP contribution is -2.28. The minimum absolute atomic E-state index is 0.880. The smallest absolute Gasteiger partial charge is 0.0351 e. The molecule has 1 saturated heterocycles. The van der Waals surface area contributed by atoms with Crippen LogP contribution in [0.4, 0.5) is 0 Å². The van der Waals surface area contributed by atoms with Crippen molar-refractivity contribution in [2.75, 3.05) is 13.1 Å². The van der Waals surface area contributed by atoms with Gasteiger partial charge >= 0.3 is 0 Å². The number of fused-ring (bicyclic) bond motifs is 1. The first kappa shape index (κ1) is 12.2. The van der Waals surface area contributed by atoms with Gasteiger partial charge in [-0.1, -0.05) is 12.1 Å². The molecule has 1 aliphatic heterocycles. The lowest BCUT2D eigenvalue weighted by Gasteiger charge is -2.22. The number of thiophene rings is 1. The Morgan fingerprint density at radius 3 is 2.78 bits per heavy atom. The van der Waals surface area contributed by atoms with Gasteiger partial charge in [0.25, 0.3) is 0 Å². The van der Waals surface area contributed by atoms with Gasteiger partial charge in [0.2, 0.25) is 0 Å². The van der Waals surface area contributed by atoms with E-state index in [1.54, 1.807) is 0 Å². The van der Waals surface area contributed by atoms with Gasteiger partial charge in [-0.15, -0.1) is 11.3 Å². The molecule has 1 aromatic carbocycles. The average Bonchev–Trinajstić information content (AvgIpc) is 2.66. The highest BCUT2D eigenvalue weighted by atomic mass is 32.1. The summed E-state index contributed by atoms with van der Waals surface area (Å²) in [6.45, 7) is 6.86. The van der Waals surface area contributed by atoms with E-state index in [4.69, 9.17) is 0 Å². The molecule has 0 saturated carbocycles. The highest BCUT2D eigenvalue weighted by Gasteiger charge is 2.14. The standard InChI is InChI=1S/C16H21NS/c1-11-12(2)18-16-10-14(3-4-15(11)16)9-13-5-7-17-8-6-13/h3-4,10,13,17H,5-9H2,1-2H3. The number of hydrogen-bond donors (Lipinski definition) is 1. The molecule has 0 bridgehead atoms. The maximum atomic E-state index is 3.44. The molecular formula is C16H21NS. The molecule has 1 aromatic heterocycles. The van der Waals surface area contributed by atoms with Crippen LogP contribution >= 0.6 is 11.3 Å². The summed E-state index contributed by atoms with van der Waals surface area (Å²) >= 11 is 1.94. The average molecular weight is 259 g/mol. The van der Waals surface area contributed by atoms with Gasteiger partial charge in [0.15, 0.2) is 0 Å². The molecule has 96 valence electrons. The molecule has 0 aliphatic carbocycles. The van der Waals surface area contributed by atoms with E-state index in [9.17, 15) is 0 Å². The molecule has 1 N–H and O–H groups in total. The quantitative estimate of drug-likeness (QED) is 0.857. The fraction of sp³-hybridized carbons (Fsp3) is 0.500. The van der Waals surface area contributed by atoms with Gasteiger partial charge in [-0.3, -0.25) is 0 Å². The van der Waals surface area contributed by atoms with Crippen molar-refractivity contribution in [1.29, 1.82) is 0 Å². The first-order chi connectivity index (χ1) is 8.74. The van der Waals surface area contributed by atoms with Gasteiger partial charge in [0, 0.05) is 9.58 Å². The topological polar surface area (TPSA) is 12.0 Å². The third kappa shape index (κ3) is 2.32. The molecule has 0 atom stereocenters. The maximum absolute atomic E-state index is 3.44. The second kappa shape index (κ2) is 5.02. The molecule has 2 heteroatoms. The largest absolute Gasteiger partial charge is 0.317 e. The third-order valence-corrected chi connectivity index (χ3v) is 5.39. The van der Waals surface area contributed by atoms with Crippen LogP contribution in [0.1, 0.15) is 28.8 Å². The zero-order valence-electron chi connectivity index (χ0n) is 11.3. The Hall–Kier alpha value is -0.860. The van der Waals surface area contributed by atoms with Crippen LogP contribution in [0.15, 0.2) is 18.2 Å². The predicted octanol–water partition coefficient (Wildman–Crippen LogP) is 4.06. The highest BCUT2D eigenvalue weighted by molar-refractivity contribution is 7.19. The van der Waals surface area contributed by atoms with Gasteiger partial charge < -0.3 is 5.32 Å². The second-order valence-corrected chi connectivity index (χ2v) is 6.77. The Bertz CT molecular complexity index is 549.